The number of carbonyl (C=O) groups is 1. The van der Waals surface area contributed by atoms with Crippen molar-refractivity contribution < 1.29 is 9.53 Å². The molecule has 0 saturated carbocycles. The van der Waals surface area contributed by atoms with E-state index in [-0.39, 0.29) is 18.5 Å². The maximum absolute atomic E-state index is 11.8. The number of tetrazole rings is 1. The fraction of sp³-hybridized carbons (Fsp3) is 0.385. The molecule has 7 heteroatoms. The summed E-state index contributed by atoms with van der Waals surface area (Å²) in [6.07, 6.45) is 1.40. The van der Waals surface area contributed by atoms with E-state index in [1.165, 1.54) is 11.0 Å². The van der Waals surface area contributed by atoms with E-state index >= 15 is 0 Å². The second-order valence-electron chi connectivity index (χ2n) is 4.30. The number of hydrogen-bond donors (Lipinski definition) is 1. The van der Waals surface area contributed by atoms with E-state index in [4.69, 9.17) is 4.74 Å². The Bertz CT molecular complexity index is 538. The lowest BCUT2D eigenvalue weighted by Crippen LogP contribution is -2.30. The van der Waals surface area contributed by atoms with E-state index in [2.05, 4.69) is 20.8 Å². The second kappa shape index (κ2) is 6.65. The molecule has 0 fully saturated rings. The number of aromatic nitrogens is 4. The van der Waals surface area contributed by atoms with Crippen LogP contribution in [0.15, 0.2) is 30.6 Å². The molecule has 1 aromatic carbocycles. The van der Waals surface area contributed by atoms with E-state index in [0.29, 0.717) is 6.61 Å². The van der Waals surface area contributed by atoms with E-state index in [9.17, 15) is 4.79 Å². The van der Waals surface area contributed by atoms with Crippen molar-refractivity contribution in [2.75, 3.05) is 6.61 Å². The van der Waals surface area contributed by atoms with Crippen LogP contribution in [-0.2, 0) is 11.3 Å². The van der Waals surface area contributed by atoms with Crippen LogP contribution in [0.4, 0.5) is 0 Å². The topological polar surface area (TPSA) is 81.9 Å². The number of nitrogens with one attached hydrogen (secondary N) is 1. The highest BCUT2D eigenvalue weighted by Gasteiger charge is 2.10. The van der Waals surface area contributed by atoms with E-state index < -0.39 is 0 Å². The molecule has 1 amide bonds. The predicted molar refractivity (Wildman–Crippen MR) is 72.0 cm³/mol. The maximum atomic E-state index is 11.8. The molecule has 0 saturated heterocycles. The second-order valence-corrected chi connectivity index (χ2v) is 4.30. The molecule has 0 bridgehead atoms. The van der Waals surface area contributed by atoms with Gasteiger partial charge in [0.2, 0.25) is 5.91 Å². The van der Waals surface area contributed by atoms with Crippen molar-refractivity contribution in [2.24, 2.45) is 0 Å². The summed E-state index contributed by atoms with van der Waals surface area (Å²) >= 11 is 0. The van der Waals surface area contributed by atoms with Crippen LogP contribution in [-0.4, -0.2) is 32.7 Å². The number of nitrogens with zero attached hydrogens (tertiary/aromatic N) is 4. The van der Waals surface area contributed by atoms with Crippen LogP contribution in [0.1, 0.15) is 25.5 Å². The number of benzene rings is 1. The van der Waals surface area contributed by atoms with Gasteiger partial charge < -0.3 is 10.1 Å². The van der Waals surface area contributed by atoms with Crippen molar-refractivity contribution in [1.82, 2.24) is 25.5 Å². The minimum atomic E-state index is -0.140. The van der Waals surface area contributed by atoms with Crippen molar-refractivity contribution in [3.63, 3.8) is 0 Å². The number of ether oxygens (including phenoxy) is 1. The maximum Gasteiger partial charge on any atom is 0.242 e. The molecule has 0 aliphatic carbocycles. The van der Waals surface area contributed by atoms with Gasteiger partial charge in [-0.2, -0.15) is 0 Å². The van der Waals surface area contributed by atoms with E-state index in [1.807, 2.05) is 38.1 Å². The highest BCUT2D eigenvalue weighted by molar-refractivity contribution is 5.76. The first-order valence-corrected chi connectivity index (χ1v) is 6.42. The summed E-state index contributed by atoms with van der Waals surface area (Å²) in [5.41, 5.74) is 1.01. The standard InChI is InChI=1S/C13H17N5O2/c1-3-20-12-6-4-11(5-7-12)10(2)15-13(19)8-18-9-14-16-17-18/h4-7,9-10H,3,8H2,1-2H3,(H,15,19). The molecule has 0 aliphatic heterocycles. The number of carbonyl (C=O) groups excluding carboxylic acids is 1. The Balaban J connectivity index is 1.90. The van der Waals surface area contributed by atoms with Gasteiger partial charge in [-0.1, -0.05) is 12.1 Å². The third-order valence-electron chi connectivity index (χ3n) is 2.77. The number of hydrogen-bond acceptors (Lipinski definition) is 5. The quantitative estimate of drug-likeness (QED) is 0.848. The number of amides is 1. The van der Waals surface area contributed by atoms with Gasteiger partial charge in [0.25, 0.3) is 0 Å². The molecular formula is C13H17N5O2. The Morgan fingerprint density at radius 1 is 1.40 bits per heavy atom. The lowest BCUT2D eigenvalue weighted by molar-refractivity contribution is -0.122. The minimum Gasteiger partial charge on any atom is -0.494 e. The Kier molecular flexibility index (Phi) is 4.65. The Morgan fingerprint density at radius 3 is 2.75 bits per heavy atom. The zero-order chi connectivity index (χ0) is 14.4. The molecule has 1 aromatic heterocycles. The van der Waals surface area contributed by atoms with Gasteiger partial charge in [-0.05, 0) is 42.0 Å². The lowest BCUT2D eigenvalue weighted by atomic mass is 10.1. The summed E-state index contributed by atoms with van der Waals surface area (Å²) in [6.45, 7) is 4.61. The Labute approximate surface area is 116 Å². The van der Waals surface area contributed by atoms with Gasteiger partial charge in [-0.25, -0.2) is 4.68 Å². The first-order chi connectivity index (χ1) is 9.69. The van der Waals surface area contributed by atoms with Gasteiger partial charge in [0.15, 0.2) is 0 Å². The van der Waals surface area contributed by atoms with Crippen molar-refractivity contribution >= 4 is 5.91 Å². The lowest BCUT2D eigenvalue weighted by Gasteiger charge is -2.14. The molecule has 7 nitrogen and oxygen atoms in total. The van der Waals surface area contributed by atoms with Gasteiger partial charge in [0.1, 0.15) is 18.6 Å². The highest BCUT2D eigenvalue weighted by atomic mass is 16.5. The molecule has 0 radical (unpaired) electrons. The van der Waals surface area contributed by atoms with Crippen LogP contribution < -0.4 is 10.1 Å². The predicted octanol–water partition coefficient (Wildman–Crippen LogP) is 0.949. The Morgan fingerprint density at radius 2 is 2.15 bits per heavy atom. The van der Waals surface area contributed by atoms with Gasteiger partial charge in [0, 0.05) is 0 Å². The van der Waals surface area contributed by atoms with Crippen molar-refractivity contribution in [1.29, 1.82) is 0 Å². The molecule has 1 heterocycles. The first-order valence-electron chi connectivity index (χ1n) is 6.42. The van der Waals surface area contributed by atoms with Crippen LogP contribution >= 0.6 is 0 Å². The highest BCUT2D eigenvalue weighted by Crippen LogP contribution is 2.17. The third-order valence-corrected chi connectivity index (χ3v) is 2.77. The summed E-state index contributed by atoms with van der Waals surface area (Å²) in [4.78, 5) is 11.8. The zero-order valence-electron chi connectivity index (χ0n) is 11.5. The summed E-state index contributed by atoms with van der Waals surface area (Å²) < 4.78 is 6.75. The summed E-state index contributed by atoms with van der Waals surface area (Å²) in [5, 5.41) is 13.5. The molecule has 1 atom stereocenters. The van der Waals surface area contributed by atoms with Crippen molar-refractivity contribution in [2.45, 2.75) is 26.4 Å². The molecule has 0 spiro atoms. The van der Waals surface area contributed by atoms with Crippen LogP contribution in [0, 0.1) is 0 Å². The van der Waals surface area contributed by atoms with Gasteiger partial charge in [0.05, 0.1) is 12.6 Å². The average Bonchev–Trinajstić information content (AvgIpc) is 2.92. The van der Waals surface area contributed by atoms with E-state index in [1.54, 1.807) is 0 Å². The third kappa shape index (κ3) is 3.78. The van der Waals surface area contributed by atoms with Gasteiger partial charge >= 0.3 is 0 Å². The minimum absolute atomic E-state index is 0.0883. The fourth-order valence-electron chi connectivity index (χ4n) is 1.79. The molecular weight excluding hydrogens is 258 g/mol. The van der Waals surface area contributed by atoms with Crippen LogP contribution in [0.2, 0.25) is 0 Å². The van der Waals surface area contributed by atoms with Gasteiger partial charge in [-0.15, -0.1) is 5.10 Å². The van der Waals surface area contributed by atoms with E-state index in [0.717, 1.165) is 11.3 Å². The monoisotopic (exact) mass is 275 g/mol. The normalized spacial score (nSPS) is 11.9. The molecule has 0 aliphatic rings. The smallest absolute Gasteiger partial charge is 0.242 e. The largest absolute Gasteiger partial charge is 0.494 e. The van der Waals surface area contributed by atoms with Crippen molar-refractivity contribution in [3.05, 3.63) is 36.2 Å². The van der Waals surface area contributed by atoms with Crippen molar-refractivity contribution in [3.8, 4) is 5.75 Å². The average molecular weight is 275 g/mol. The first kappa shape index (κ1) is 14.0. The molecule has 2 rings (SSSR count). The molecule has 2 aromatic rings. The summed E-state index contributed by atoms with van der Waals surface area (Å²) in [5.74, 6) is 0.683. The summed E-state index contributed by atoms with van der Waals surface area (Å²) in [6, 6.07) is 7.57. The van der Waals surface area contributed by atoms with Gasteiger partial charge in [-0.3, -0.25) is 4.79 Å². The van der Waals surface area contributed by atoms with Crippen LogP contribution in [0.3, 0.4) is 0 Å². The summed E-state index contributed by atoms with van der Waals surface area (Å²) in [7, 11) is 0. The fourth-order valence-corrected chi connectivity index (χ4v) is 1.79. The zero-order valence-corrected chi connectivity index (χ0v) is 11.5. The number of rotatable bonds is 6. The molecule has 20 heavy (non-hydrogen) atoms. The molecule has 1 unspecified atom stereocenters. The molecule has 106 valence electrons. The SMILES string of the molecule is CCOc1ccc(C(C)NC(=O)Cn2cnnn2)cc1. The van der Waals surface area contributed by atoms with Crippen LogP contribution in [0.5, 0.6) is 5.75 Å². The molecule has 1 N–H and O–H groups in total. The van der Waals surface area contributed by atoms with Crippen LogP contribution in [0.25, 0.3) is 0 Å². The Hall–Kier alpha value is -2.44.